The molecule has 1 aliphatic rings. The van der Waals surface area contributed by atoms with E-state index in [1.54, 1.807) is 0 Å². The minimum Gasteiger partial charge on any atom is -0.356 e. The van der Waals surface area contributed by atoms with Crippen LogP contribution in [-0.2, 0) is 4.79 Å². The van der Waals surface area contributed by atoms with Gasteiger partial charge in [0.25, 0.3) is 0 Å². The number of carbonyl (C=O) groups excluding carboxylic acids is 1. The van der Waals surface area contributed by atoms with Gasteiger partial charge in [-0.3, -0.25) is 4.79 Å². The molecule has 2 nitrogen and oxygen atoms in total. The van der Waals surface area contributed by atoms with Crippen LogP contribution in [0.5, 0.6) is 0 Å². The average molecular weight is 338 g/mol. The fourth-order valence-corrected chi connectivity index (χ4v) is 4.46. The van der Waals surface area contributed by atoms with Crippen molar-refractivity contribution in [1.82, 2.24) is 5.32 Å². The van der Waals surface area contributed by atoms with Gasteiger partial charge in [0.2, 0.25) is 5.91 Å². The van der Waals surface area contributed by atoms with Gasteiger partial charge >= 0.3 is 0 Å². The first-order valence-corrected chi connectivity index (χ1v) is 11.0. The van der Waals surface area contributed by atoms with Crippen molar-refractivity contribution >= 4 is 5.91 Å². The van der Waals surface area contributed by atoms with Crippen molar-refractivity contribution in [3.63, 3.8) is 0 Å². The Bertz CT molecular complexity index is 315. The Kier molecular flexibility index (Phi) is 12.3. The van der Waals surface area contributed by atoms with Gasteiger partial charge in [0.15, 0.2) is 0 Å². The van der Waals surface area contributed by atoms with Crippen molar-refractivity contribution in [2.45, 2.75) is 111 Å². The summed E-state index contributed by atoms with van der Waals surface area (Å²) in [5.74, 6) is 2.19. The van der Waals surface area contributed by atoms with Crippen LogP contribution in [0.4, 0.5) is 0 Å². The minimum atomic E-state index is 0.279. The van der Waals surface area contributed by atoms with E-state index in [9.17, 15) is 4.79 Å². The molecule has 1 aliphatic heterocycles. The van der Waals surface area contributed by atoms with Crippen LogP contribution in [0.1, 0.15) is 111 Å². The molecule has 24 heavy (non-hydrogen) atoms. The van der Waals surface area contributed by atoms with Crippen molar-refractivity contribution in [1.29, 1.82) is 0 Å². The highest BCUT2D eigenvalue weighted by atomic mass is 16.1. The Balaban J connectivity index is 2.44. The second-order valence-electron chi connectivity index (χ2n) is 7.99. The monoisotopic (exact) mass is 337 g/mol. The maximum Gasteiger partial charge on any atom is 0.223 e. The number of nitrogens with one attached hydrogen (secondary N) is 1. The van der Waals surface area contributed by atoms with Gasteiger partial charge in [-0.25, -0.2) is 0 Å². The molecule has 0 aromatic carbocycles. The number of carbonyl (C=O) groups is 1. The molecule has 2 heteroatoms. The van der Waals surface area contributed by atoms with Crippen LogP contribution in [0.3, 0.4) is 0 Å². The zero-order valence-electron chi connectivity index (χ0n) is 16.7. The minimum absolute atomic E-state index is 0.279. The van der Waals surface area contributed by atoms with Crippen LogP contribution in [0.25, 0.3) is 0 Å². The first-order chi connectivity index (χ1) is 11.7. The van der Waals surface area contributed by atoms with Crippen LogP contribution < -0.4 is 5.32 Å². The van der Waals surface area contributed by atoms with Gasteiger partial charge in [0.1, 0.15) is 0 Å². The first-order valence-electron chi connectivity index (χ1n) is 11.0. The second-order valence-corrected chi connectivity index (χ2v) is 7.99. The van der Waals surface area contributed by atoms with Gasteiger partial charge < -0.3 is 5.32 Å². The molecule has 0 bridgehead atoms. The highest BCUT2D eigenvalue weighted by Gasteiger charge is 2.27. The average Bonchev–Trinajstić information content (AvgIpc) is 2.79. The molecular weight excluding hydrogens is 294 g/mol. The summed E-state index contributed by atoms with van der Waals surface area (Å²) in [6.07, 6.45) is 18.2. The highest BCUT2D eigenvalue weighted by molar-refractivity contribution is 5.78. The maximum atomic E-state index is 12.3. The predicted octanol–water partition coefficient (Wildman–Crippen LogP) is 6.49. The van der Waals surface area contributed by atoms with E-state index in [-0.39, 0.29) is 5.92 Å². The Morgan fingerprint density at radius 3 is 2.38 bits per heavy atom. The molecule has 0 aromatic heterocycles. The number of hydrogen-bond acceptors (Lipinski definition) is 1. The highest BCUT2D eigenvalue weighted by Crippen LogP contribution is 2.33. The van der Waals surface area contributed by atoms with Crippen LogP contribution in [0.15, 0.2) is 0 Å². The molecule has 0 aliphatic carbocycles. The largest absolute Gasteiger partial charge is 0.356 e. The van der Waals surface area contributed by atoms with Gasteiger partial charge in [-0.05, 0) is 31.1 Å². The van der Waals surface area contributed by atoms with E-state index in [1.807, 2.05) is 0 Å². The first kappa shape index (κ1) is 21.5. The number of amides is 1. The molecular formula is C22H43NO. The molecule has 1 N–H and O–H groups in total. The predicted molar refractivity (Wildman–Crippen MR) is 105 cm³/mol. The Hall–Kier alpha value is -0.530. The summed E-state index contributed by atoms with van der Waals surface area (Å²) in [6.45, 7) is 7.83. The summed E-state index contributed by atoms with van der Waals surface area (Å²) >= 11 is 0. The standard InChI is InChI=1S/C22H43NO/c1-4-7-8-9-10-11-15-20(14-5-2)19(6-3)18-21-16-12-13-17-23-22(21)24/h19-21H,4-18H2,1-3H3,(H,23,24). The molecule has 0 spiro atoms. The summed E-state index contributed by atoms with van der Waals surface area (Å²) in [6, 6.07) is 0. The van der Waals surface area contributed by atoms with Gasteiger partial charge in [0.05, 0.1) is 0 Å². The Labute approximate surface area is 151 Å². The molecule has 3 unspecified atom stereocenters. The summed E-state index contributed by atoms with van der Waals surface area (Å²) in [5.41, 5.74) is 0. The third-order valence-electron chi connectivity index (χ3n) is 6.02. The van der Waals surface area contributed by atoms with E-state index in [2.05, 4.69) is 26.1 Å². The lowest BCUT2D eigenvalue weighted by Gasteiger charge is -2.29. The van der Waals surface area contributed by atoms with Gasteiger partial charge in [-0.1, -0.05) is 91.4 Å². The molecule has 0 aromatic rings. The quantitative estimate of drug-likeness (QED) is 0.382. The molecule has 3 atom stereocenters. The molecule has 0 saturated carbocycles. The van der Waals surface area contributed by atoms with Crippen LogP contribution in [-0.4, -0.2) is 12.5 Å². The zero-order valence-corrected chi connectivity index (χ0v) is 16.7. The molecule has 1 rings (SSSR count). The Morgan fingerprint density at radius 2 is 1.67 bits per heavy atom. The SMILES string of the molecule is CCCCCCCCC(CCC)C(CC)CC1CCCCNC1=O. The second kappa shape index (κ2) is 13.7. The third-order valence-corrected chi connectivity index (χ3v) is 6.02. The van der Waals surface area contributed by atoms with Crippen molar-refractivity contribution in [3.05, 3.63) is 0 Å². The van der Waals surface area contributed by atoms with Crippen molar-refractivity contribution in [2.75, 3.05) is 6.54 Å². The topological polar surface area (TPSA) is 29.1 Å². The van der Waals surface area contributed by atoms with Gasteiger partial charge in [0, 0.05) is 12.5 Å². The lowest BCUT2D eigenvalue weighted by molar-refractivity contribution is -0.125. The van der Waals surface area contributed by atoms with Crippen molar-refractivity contribution in [2.24, 2.45) is 17.8 Å². The third kappa shape index (κ3) is 8.53. The molecule has 1 heterocycles. The molecule has 1 fully saturated rings. The van der Waals surface area contributed by atoms with E-state index in [1.165, 1.54) is 70.6 Å². The Morgan fingerprint density at radius 1 is 0.917 bits per heavy atom. The molecule has 0 radical (unpaired) electrons. The fraction of sp³-hybridized carbons (Fsp3) is 0.955. The normalized spacial score (nSPS) is 21.1. The van der Waals surface area contributed by atoms with Crippen LogP contribution >= 0.6 is 0 Å². The summed E-state index contributed by atoms with van der Waals surface area (Å²) in [7, 11) is 0. The van der Waals surface area contributed by atoms with E-state index in [0.29, 0.717) is 5.91 Å². The summed E-state index contributed by atoms with van der Waals surface area (Å²) in [5, 5.41) is 3.13. The zero-order chi connectivity index (χ0) is 17.6. The number of rotatable bonds is 13. The summed E-state index contributed by atoms with van der Waals surface area (Å²) in [4.78, 5) is 12.3. The lowest BCUT2D eigenvalue weighted by atomic mass is 9.77. The molecule has 142 valence electrons. The van der Waals surface area contributed by atoms with Gasteiger partial charge in [-0.15, -0.1) is 0 Å². The van der Waals surface area contributed by atoms with E-state index < -0.39 is 0 Å². The lowest BCUT2D eigenvalue weighted by Crippen LogP contribution is -2.31. The number of unbranched alkanes of at least 4 members (excludes halogenated alkanes) is 5. The van der Waals surface area contributed by atoms with Crippen LogP contribution in [0.2, 0.25) is 0 Å². The fourth-order valence-electron chi connectivity index (χ4n) is 4.46. The van der Waals surface area contributed by atoms with Crippen LogP contribution in [0, 0.1) is 17.8 Å². The van der Waals surface area contributed by atoms with Gasteiger partial charge in [-0.2, -0.15) is 0 Å². The van der Waals surface area contributed by atoms with Crippen molar-refractivity contribution in [3.8, 4) is 0 Å². The van der Waals surface area contributed by atoms with E-state index >= 15 is 0 Å². The van der Waals surface area contributed by atoms with E-state index in [0.717, 1.165) is 37.6 Å². The number of hydrogen-bond donors (Lipinski definition) is 1. The maximum absolute atomic E-state index is 12.3. The van der Waals surface area contributed by atoms with E-state index in [4.69, 9.17) is 0 Å². The van der Waals surface area contributed by atoms with Crippen molar-refractivity contribution < 1.29 is 4.79 Å². The smallest absolute Gasteiger partial charge is 0.223 e. The molecule has 1 amide bonds. The molecule has 1 saturated heterocycles. The summed E-state index contributed by atoms with van der Waals surface area (Å²) < 4.78 is 0.